The average Bonchev–Trinajstić information content (AvgIpc) is 2.51. The molecule has 0 bridgehead atoms. The minimum absolute atomic E-state index is 0.738. The third-order valence-electron chi connectivity index (χ3n) is 1.85. The van der Waals surface area contributed by atoms with Crippen LogP contribution in [0.25, 0.3) is 10.6 Å². The number of halogens is 1. The van der Waals surface area contributed by atoms with Crippen LogP contribution in [0.5, 0.6) is 0 Å². The zero-order valence-electron chi connectivity index (χ0n) is 7.49. The summed E-state index contributed by atoms with van der Waals surface area (Å²) < 4.78 is 0. The molecule has 0 aliphatic carbocycles. The van der Waals surface area contributed by atoms with Crippen molar-refractivity contribution < 1.29 is 0 Å². The summed E-state index contributed by atoms with van der Waals surface area (Å²) in [6, 6.07) is 5.96. The van der Waals surface area contributed by atoms with Crippen LogP contribution >= 0.6 is 35.6 Å². The molecule has 0 saturated carbocycles. The number of hydrogen-bond acceptors (Lipinski definition) is 3. The fourth-order valence-electron chi connectivity index (χ4n) is 1.18. The SMILES string of the molecule is Cc1ccc(-c2nc(S)cs2)c(Cl)c1. The van der Waals surface area contributed by atoms with Gasteiger partial charge in [0.1, 0.15) is 10.0 Å². The van der Waals surface area contributed by atoms with Gasteiger partial charge >= 0.3 is 0 Å². The molecule has 0 fully saturated rings. The molecular formula is C10H8ClNS2. The Bertz CT molecular complexity index is 465. The van der Waals surface area contributed by atoms with Crippen molar-refractivity contribution >= 4 is 35.6 Å². The highest BCUT2D eigenvalue weighted by Crippen LogP contribution is 2.31. The summed E-state index contributed by atoms with van der Waals surface area (Å²) in [5.41, 5.74) is 2.13. The van der Waals surface area contributed by atoms with E-state index in [1.165, 1.54) is 0 Å². The van der Waals surface area contributed by atoms with Crippen molar-refractivity contribution in [3.63, 3.8) is 0 Å². The second-order valence-electron chi connectivity index (χ2n) is 2.99. The Kier molecular flexibility index (Phi) is 2.81. The first kappa shape index (κ1) is 10.0. The monoisotopic (exact) mass is 241 g/mol. The molecule has 0 spiro atoms. The fourth-order valence-corrected chi connectivity index (χ4v) is 2.61. The number of hydrogen-bond donors (Lipinski definition) is 1. The van der Waals surface area contributed by atoms with Gasteiger partial charge in [-0.3, -0.25) is 0 Å². The van der Waals surface area contributed by atoms with Crippen molar-refractivity contribution in [2.24, 2.45) is 0 Å². The first-order chi connectivity index (χ1) is 6.66. The average molecular weight is 242 g/mol. The van der Waals surface area contributed by atoms with Gasteiger partial charge in [0.15, 0.2) is 0 Å². The Hall–Kier alpha value is -0.510. The summed E-state index contributed by atoms with van der Waals surface area (Å²) in [7, 11) is 0. The predicted octanol–water partition coefficient (Wildman–Crippen LogP) is 4.06. The zero-order valence-corrected chi connectivity index (χ0v) is 9.96. The Balaban J connectivity index is 2.52. The topological polar surface area (TPSA) is 12.9 Å². The van der Waals surface area contributed by atoms with E-state index in [4.69, 9.17) is 11.6 Å². The molecule has 14 heavy (non-hydrogen) atoms. The van der Waals surface area contributed by atoms with Crippen molar-refractivity contribution in [1.29, 1.82) is 0 Å². The van der Waals surface area contributed by atoms with E-state index in [0.717, 1.165) is 26.2 Å². The van der Waals surface area contributed by atoms with Gasteiger partial charge < -0.3 is 0 Å². The molecule has 72 valence electrons. The molecule has 2 aromatic rings. The molecule has 0 aliphatic heterocycles. The van der Waals surface area contributed by atoms with Crippen LogP contribution in [0.2, 0.25) is 5.02 Å². The van der Waals surface area contributed by atoms with Gasteiger partial charge in [0.25, 0.3) is 0 Å². The van der Waals surface area contributed by atoms with E-state index in [1.54, 1.807) is 11.3 Å². The molecule has 4 heteroatoms. The summed E-state index contributed by atoms with van der Waals surface area (Å²) >= 11 is 11.8. The Morgan fingerprint density at radius 2 is 2.21 bits per heavy atom. The summed E-state index contributed by atoms with van der Waals surface area (Å²) in [5.74, 6) is 0. The maximum atomic E-state index is 6.12. The molecule has 0 atom stereocenters. The number of nitrogens with zero attached hydrogens (tertiary/aromatic N) is 1. The second kappa shape index (κ2) is 3.93. The summed E-state index contributed by atoms with van der Waals surface area (Å²) in [4.78, 5) is 4.27. The van der Waals surface area contributed by atoms with Crippen molar-refractivity contribution in [2.45, 2.75) is 11.9 Å². The lowest BCUT2D eigenvalue weighted by Crippen LogP contribution is -1.79. The highest BCUT2D eigenvalue weighted by molar-refractivity contribution is 7.80. The summed E-state index contributed by atoms with van der Waals surface area (Å²) in [5, 5.41) is 4.29. The van der Waals surface area contributed by atoms with Crippen LogP contribution < -0.4 is 0 Å². The Labute approximate surface area is 97.2 Å². The lowest BCUT2D eigenvalue weighted by molar-refractivity contribution is 1.22. The maximum absolute atomic E-state index is 6.12. The lowest BCUT2D eigenvalue weighted by Gasteiger charge is -2.00. The zero-order chi connectivity index (χ0) is 10.1. The summed E-state index contributed by atoms with van der Waals surface area (Å²) in [6.07, 6.45) is 0. The molecule has 2 rings (SSSR count). The molecule has 1 heterocycles. The fraction of sp³-hybridized carbons (Fsp3) is 0.100. The van der Waals surface area contributed by atoms with E-state index in [0.29, 0.717) is 0 Å². The quantitative estimate of drug-likeness (QED) is 0.743. The molecule has 0 aliphatic rings. The van der Waals surface area contributed by atoms with Gasteiger partial charge in [0, 0.05) is 10.9 Å². The number of rotatable bonds is 1. The van der Waals surface area contributed by atoms with Crippen LogP contribution in [0.1, 0.15) is 5.56 Å². The summed E-state index contributed by atoms with van der Waals surface area (Å²) in [6.45, 7) is 2.02. The third-order valence-corrected chi connectivity index (χ3v) is 3.44. The van der Waals surface area contributed by atoms with E-state index in [9.17, 15) is 0 Å². The molecule has 0 saturated heterocycles. The minimum Gasteiger partial charge on any atom is -0.230 e. The van der Waals surface area contributed by atoms with Gasteiger partial charge in [-0.2, -0.15) is 0 Å². The second-order valence-corrected chi connectivity index (χ2v) is 4.72. The number of aryl methyl sites for hydroxylation is 1. The first-order valence-corrected chi connectivity index (χ1v) is 5.78. The third kappa shape index (κ3) is 1.95. The molecule has 1 nitrogen and oxygen atoms in total. The maximum Gasteiger partial charge on any atom is 0.126 e. The predicted molar refractivity (Wildman–Crippen MR) is 64.5 cm³/mol. The highest BCUT2D eigenvalue weighted by atomic mass is 35.5. The Morgan fingerprint density at radius 3 is 2.79 bits per heavy atom. The van der Waals surface area contributed by atoms with Gasteiger partial charge in [-0.05, 0) is 18.6 Å². The van der Waals surface area contributed by atoms with Crippen LogP contribution in [0.4, 0.5) is 0 Å². The largest absolute Gasteiger partial charge is 0.230 e. The van der Waals surface area contributed by atoms with Crippen molar-refractivity contribution in [2.75, 3.05) is 0 Å². The van der Waals surface area contributed by atoms with Crippen molar-refractivity contribution in [3.05, 3.63) is 34.2 Å². The highest BCUT2D eigenvalue weighted by Gasteiger charge is 2.06. The van der Waals surface area contributed by atoms with Crippen LogP contribution in [0.15, 0.2) is 28.6 Å². The van der Waals surface area contributed by atoms with Gasteiger partial charge in [-0.25, -0.2) is 4.98 Å². The number of thiazole rings is 1. The van der Waals surface area contributed by atoms with Gasteiger partial charge in [0.2, 0.25) is 0 Å². The van der Waals surface area contributed by atoms with Crippen LogP contribution in [-0.2, 0) is 0 Å². The Morgan fingerprint density at radius 1 is 1.43 bits per heavy atom. The van der Waals surface area contributed by atoms with Crippen molar-refractivity contribution in [3.8, 4) is 10.6 Å². The van der Waals surface area contributed by atoms with Gasteiger partial charge in [0.05, 0.1) is 5.02 Å². The normalized spacial score (nSPS) is 10.5. The van der Waals surface area contributed by atoms with Gasteiger partial charge in [-0.1, -0.05) is 23.7 Å². The number of thiol groups is 1. The minimum atomic E-state index is 0.738. The van der Waals surface area contributed by atoms with Crippen LogP contribution in [-0.4, -0.2) is 4.98 Å². The van der Waals surface area contributed by atoms with E-state index in [-0.39, 0.29) is 0 Å². The van der Waals surface area contributed by atoms with E-state index < -0.39 is 0 Å². The van der Waals surface area contributed by atoms with Crippen LogP contribution in [0, 0.1) is 6.92 Å². The molecular weight excluding hydrogens is 234 g/mol. The molecule has 1 aromatic carbocycles. The molecule has 0 unspecified atom stereocenters. The number of aromatic nitrogens is 1. The standard InChI is InChI=1S/C10H8ClNS2/c1-6-2-3-7(8(11)4-6)10-12-9(13)5-14-10/h2-5,13H,1H3. The molecule has 0 N–H and O–H groups in total. The lowest BCUT2D eigenvalue weighted by atomic mass is 10.1. The smallest absolute Gasteiger partial charge is 0.126 e. The van der Waals surface area contributed by atoms with Crippen LogP contribution in [0.3, 0.4) is 0 Å². The first-order valence-electron chi connectivity index (χ1n) is 4.08. The van der Waals surface area contributed by atoms with Gasteiger partial charge in [-0.15, -0.1) is 24.0 Å². The number of benzene rings is 1. The molecule has 1 aromatic heterocycles. The molecule has 0 amide bonds. The van der Waals surface area contributed by atoms with E-state index >= 15 is 0 Å². The molecule has 0 radical (unpaired) electrons. The van der Waals surface area contributed by atoms with E-state index in [1.807, 2.05) is 30.5 Å². The van der Waals surface area contributed by atoms with E-state index in [2.05, 4.69) is 17.6 Å². The van der Waals surface area contributed by atoms with Crippen molar-refractivity contribution in [1.82, 2.24) is 4.98 Å².